The Bertz CT molecular complexity index is 244. The summed E-state index contributed by atoms with van der Waals surface area (Å²) < 4.78 is 22.7. The molecule has 5 heteroatoms. The molecule has 2 nitrogen and oxygen atoms in total. The molecular formula is C10H12BrFMgO2. The van der Waals surface area contributed by atoms with Crippen LogP contribution in [0.2, 0.25) is 0 Å². The van der Waals surface area contributed by atoms with Crippen molar-refractivity contribution < 1.29 is 30.8 Å². The van der Waals surface area contributed by atoms with Gasteiger partial charge >= 0.3 is 23.1 Å². The molecule has 80 valence electrons. The van der Waals surface area contributed by atoms with Crippen LogP contribution in [-0.2, 0) is 4.74 Å². The normalized spacial score (nSPS) is 8.67. The van der Waals surface area contributed by atoms with E-state index in [9.17, 15) is 4.39 Å². The van der Waals surface area contributed by atoms with Gasteiger partial charge in [-0.05, 0) is 6.92 Å². The van der Waals surface area contributed by atoms with Crippen LogP contribution < -0.4 is 21.7 Å². The van der Waals surface area contributed by atoms with Crippen LogP contribution in [0, 0.1) is 11.9 Å². The first-order valence-electron chi connectivity index (χ1n) is 4.20. The van der Waals surface area contributed by atoms with E-state index in [4.69, 9.17) is 9.47 Å². The Balaban J connectivity index is 0. The van der Waals surface area contributed by atoms with Gasteiger partial charge in [-0.3, -0.25) is 4.39 Å². The van der Waals surface area contributed by atoms with Crippen molar-refractivity contribution in [1.82, 2.24) is 0 Å². The average Bonchev–Trinajstić information content (AvgIpc) is 2.15. The number of ether oxygens (including phenoxy) is 2. The number of hydrogen-bond acceptors (Lipinski definition) is 2. The van der Waals surface area contributed by atoms with E-state index in [2.05, 4.69) is 6.07 Å². The second-order valence-corrected chi connectivity index (χ2v) is 2.42. The van der Waals surface area contributed by atoms with Crippen LogP contribution in [0.1, 0.15) is 6.92 Å². The van der Waals surface area contributed by atoms with E-state index in [1.54, 1.807) is 6.07 Å². The predicted octanol–water partition coefficient (Wildman–Crippen LogP) is -1.34. The number of rotatable bonds is 5. The van der Waals surface area contributed by atoms with Gasteiger partial charge in [0.2, 0.25) is 0 Å². The Labute approximate surface area is 116 Å². The molecule has 0 saturated carbocycles. The van der Waals surface area contributed by atoms with Crippen molar-refractivity contribution in [3.63, 3.8) is 0 Å². The molecular weight excluding hydrogens is 275 g/mol. The number of hydrogen-bond donors (Lipinski definition) is 0. The smallest absolute Gasteiger partial charge is 1.00 e. The maximum Gasteiger partial charge on any atom is 2.00 e. The first-order valence-corrected chi connectivity index (χ1v) is 4.20. The van der Waals surface area contributed by atoms with E-state index in [1.807, 2.05) is 6.92 Å². The van der Waals surface area contributed by atoms with Crippen LogP contribution in [0.25, 0.3) is 0 Å². The maximum absolute atomic E-state index is 12.4. The topological polar surface area (TPSA) is 18.5 Å². The van der Waals surface area contributed by atoms with E-state index >= 15 is 0 Å². The fourth-order valence-electron chi connectivity index (χ4n) is 0.836. The molecule has 0 atom stereocenters. The zero-order chi connectivity index (χ0) is 9.52. The van der Waals surface area contributed by atoms with E-state index in [0.29, 0.717) is 25.6 Å². The molecule has 0 saturated heterocycles. The fourth-order valence-corrected chi connectivity index (χ4v) is 0.836. The van der Waals surface area contributed by atoms with Gasteiger partial charge in [-0.2, -0.15) is 0 Å². The molecule has 15 heavy (non-hydrogen) atoms. The second-order valence-electron chi connectivity index (χ2n) is 2.42. The third kappa shape index (κ3) is 8.01. The number of halogens is 2. The van der Waals surface area contributed by atoms with E-state index < -0.39 is 0 Å². The third-order valence-corrected chi connectivity index (χ3v) is 1.44. The molecule has 1 aromatic rings. The van der Waals surface area contributed by atoms with Gasteiger partial charge in [-0.15, -0.1) is 24.3 Å². The molecule has 0 aliphatic rings. The average molecular weight is 287 g/mol. The van der Waals surface area contributed by atoms with Crippen LogP contribution in [0.4, 0.5) is 4.39 Å². The van der Waals surface area contributed by atoms with Crippen molar-refractivity contribution in [2.45, 2.75) is 6.92 Å². The summed E-state index contributed by atoms with van der Waals surface area (Å²) in [6.07, 6.45) is 0. The van der Waals surface area contributed by atoms with Crippen molar-refractivity contribution in [2.24, 2.45) is 0 Å². The zero-order valence-electron chi connectivity index (χ0n) is 8.63. The Kier molecular flexibility index (Phi) is 12.5. The second kappa shape index (κ2) is 10.7. The van der Waals surface area contributed by atoms with Crippen LogP contribution in [0.5, 0.6) is 5.75 Å². The van der Waals surface area contributed by atoms with E-state index in [-0.39, 0.29) is 45.9 Å². The molecule has 0 aromatic heterocycles. The minimum Gasteiger partial charge on any atom is -1.00 e. The van der Waals surface area contributed by atoms with Crippen molar-refractivity contribution in [3.8, 4) is 5.75 Å². The Morgan fingerprint density at radius 3 is 2.60 bits per heavy atom. The Hall–Kier alpha value is 0.156. The summed E-state index contributed by atoms with van der Waals surface area (Å²) in [4.78, 5) is 0. The molecule has 0 amide bonds. The van der Waals surface area contributed by atoms with Crippen LogP contribution in [0.3, 0.4) is 0 Å². The van der Waals surface area contributed by atoms with E-state index in [1.165, 1.54) is 12.1 Å². The van der Waals surface area contributed by atoms with Gasteiger partial charge in [0, 0.05) is 18.2 Å². The van der Waals surface area contributed by atoms with Crippen molar-refractivity contribution in [2.75, 3.05) is 19.8 Å². The van der Waals surface area contributed by atoms with Gasteiger partial charge in [0.25, 0.3) is 0 Å². The first-order chi connectivity index (χ1) is 6.33. The van der Waals surface area contributed by atoms with Crippen molar-refractivity contribution in [3.05, 3.63) is 30.1 Å². The SMILES string of the molecule is CCOCCOc1[c-]cc(F)cc1.[Br-].[Mg+2]. The van der Waals surface area contributed by atoms with Crippen LogP contribution in [-0.4, -0.2) is 42.9 Å². The standard InChI is InChI=1S/C10H12FO2.BrH.Mg/c1-2-12-7-8-13-10-5-3-9(11)4-6-10;;/h3-5H,2,7-8H2,1H3;1H;/q-1;;+2/p-1. The Morgan fingerprint density at radius 2 is 2.07 bits per heavy atom. The summed E-state index contributed by atoms with van der Waals surface area (Å²) in [6.45, 7) is 3.61. The van der Waals surface area contributed by atoms with Gasteiger partial charge in [0.05, 0.1) is 6.61 Å². The summed E-state index contributed by atoms with van der Waals surface area (Å²) in [5, 5.41) is 0. The summed E-state index contributed by atoms with van der Waals surface area (Å²) in [5.41, 5.74) is 0. The minimum atomic E-state index is -0.308. The summed E-state index contributed by atoms with van der Waals surface area (Å²) in [7, 11) is 0. The Morgan fingerprint density at radius 1 is 1.33 bits per heavy atom. The van der Waals surface area contributed by atoms with Crippen LogP contribution >= 0.6 is 0 Å². The largest absolute Gasteiger partial charge is 2.00 e. The molecule has 0 radical (unpaired) electrons. The molecule has 0 heterocycles. The first kappa shape index (κ1) is 17.5. The monoisotopic (exact) mass is 286 g/mol. The summed E-state index contributed by atoms with van der Waals surface area (Å²) in [5.74, 6) is 0.235. The van der Waals surface area contributed by atoms with Crippen molar-refractivity contribution in [1.29, 1.82) is 0 Å². The molecule has 1 rings (SSSR count). The maximum atomic E-state index is 12.4. The summed E-state index contributed by atoms with van der Waals surface area (Å²) >= 11 is 0. The number of benzene rings is 1. The van der Waals surface area contributed by atoms with Gasteiger partial charge in [0.15, 0.2) is 0 Å². The molecule has 0 bridgehead atoms. The van der Waals surface area contributed by atoms with Crippen LogP contribution in [0.15, 0.2) is 18.2 Å². The molecule has 0 N–H and O–H groups in total. The van der Waals surface area contributed by atoms with Gasteiger partial charge in [-0.1, -0.05) is 0 Å². The van der Waals surface area contributed by atoms with Gasteiger partial charge < -0.3 is 26.5 Å². The molecule has 0 fully saturated rings. The minimum absolute atomic E-state index is 0. The molecule has 0 unspecified atom stereocenters. The summed E-state index contributed by atoms with van der Waals surface area (Å²) in [6, 6.07) is 6.79. The van der Waals surface area contributed by atoms with Crippen molar-refractivity contribution >= 4 is 23.1 Å². The quantitative estimate of drug-likeness (QED) is 0.379. The van der Waals surface area contributed by atoms with Gasteiger partial charge in [-0.25, -0.2) is 0 Å². The third-order valence-electron chi connectivity index (χ3n) is 1.44. The molecule has 0 aliphatic carbocycles. The molecule has 0 spiro atoms. The molecule has 1 aromatic carbocycles. The predicted molar refractivity (Wildman–Crippen MR) is 53.0 cm³/mol. The fraction of sp³-hybridized carbons (Fsp3) is 0.400. The van der Waals surface area contributed by atoms with Gasteiger partial charge in [0.1, 0.15) is 6.61 Å². The zero-order valence-corrected chi connectivity index (χ0v) is 11.6. The molecule has 0 aliphatic heterocycles. The van der Waals surface area contributed by atoms with E-state index in [0.717, 1.165) is 0 Å².